The molecule has 2 aliphatic rings. The molecule has 1 atom stereocenters. The molecule has 0 unspecified atom stereocenters. The van der Waals surface area contributed by atoms with Crippen molar-refractivity contribution < 1.29 is 4.39 Å². The molecule has 0 amide bonds. The van der Waals surface area contributed by atoms with Crippen molar-refractivity contribution in [3.8, 4) is 0 Å². The number of rotatable bonds is 5. The van der Waals surface area contributed by atoms with Crippen LogP contribution in [0.5, 0.6) is 0 Å². The Morgan fingerprint density at radius 1 is 1.03 bits per heavy atom. The summed E-state index contributed by atoms with van der Waals surface area (Å²) in [4.78, 5) is 14.4. The number of halogens is 1. The maximum atomic E-state index is 13.2. The van der Waals surface area contributed by atoms with Gasteiger partial charge in [-0.15, -0.1) is 0 Å². The molecule has 6 nitrogen and oxygen atoms in total. The van der Waals surface area contributed by atoms with E-state index in [-0.39, 0.29) is 5.82 Å². The van der Waals surface area contributed by atoms with Crippen LogP contribution < -0.4 is 20.4 Å². The lowest BCUT2D eigenvalue weighted by atomic mass is 10.00. The Kier molecular flexibility index (Phi) is 7.08. The molecule has 1 fully saturated rings. The van der Waals surface area contributed by atoms with Gasteiger partial charge in [-0.1, -0.05) is 43.3 Å². The highest BCUT2D eigenvalue weighted by Crippen LogP contribution is 2.29. The molecule has 0 spiro atoms. The molecule has 0 saturated carbocycles. The number of anilines is 3. The lowest BCUT2D eigenvalue weighted by Crippen LogP contribution is -2.36. The van der Waals surface area contributed by atoms with Crippen LogP contribution in [0.2, 0.25) is 0 Å². The van der Waals surface area contributed by atoms with E-state index in [1.54, 1.807) is 12.1 Å². The molecule has 1 saturated heterocycles. The highest BCUT2D eigenvalue weighted by molar-refractivity contribution is 7.80. The SMILES string of the molecule is C[C@@H]1CCCN(c2cc(N3CCc4ccccc4C3)nc(NC(=S)NCc3ccc(F)cc3)n2)C1. The van der Waals surface area contributed by atoms with E-state index in [2.05, 4.69) is 57.7 Å². The van der Waals surface area contributed by atoms with Crippen molar-refractivity contribution in [2.75, 3.05) is 34.8 Å². The zero-order valence-electron chi connectivity index (χ0n) is 20.0. The minimum Gasteiger partial charge on any atom is -0.358 e. The summed E-state index contributed by atoms with van der Waals surface area (Å²) < 4.78 is 13.2. The number of hydrogen-bond acceptors (Lipinski definition) is 5. The first kappa shape index (κ1) is 23.5. The summed E-state index contributed by atoms with van der Waals surface area (Å²) in [6.45, 7) is 6.52. The first-order valence-corrected chi connectivity index (χ1v) is 12.7. The number of fused-ring (bicyclic) bond motifs is 1. The van der Waals surface area contributed by atoms with E-state index in [1.165, 1.54) is 29.7 Å². The second kappa shape index (κ2) is 10.6. The third kappa shape index (κ3) is 5.88. The van der Waals surface area contributed by atoms with Crippen LogP contribution in [-0.2, 0) is 19.5 Å². The summed E-state index contributed by atoms with van der Waals surface area (Å²) in [5.74, 6) is 2.72. The van der Waals surface area contributed by atoms with Gasteiger partial charge >= 0.3 is 0 Å². The number of nitrogens with one attached hydrogen (secondary N) is 2. The van der Waals surface area contributed by atoms with Crippen molar-refractivity contribution in [1.82, 2.24) is 15.3 Å². The first-order chi connectivity index (χ1) is 17.0. The largest absolute Gasteiger partial charge is 0.358 e. The van der Waals surface area contributed by atoms with Crippen molar-refractivity contribution in [1.29, 1.82) is 0 Å². The van der Waals surface area contributed by atoms with E-state index >= 15 is 0 Å². The van der Waals surface area contributed by atoms with Gasteiger partial charge in [-0.2, -0.15) is 9.97 Å². The average molecular weight is 491 g/mol. The van der Waals surface area contributed by atoms with Crippen LogP contribution in [0.3, 0.4) is 0 Å². The Morgan fingerprint density at radius 2 is 1.77 bits per heavy atom. The van der Waals surface area contributed by atoms with Gasteiger partial charge in [-0.3, -0.25) is 0 Å². The van der Waals surface area contributed by atoms with Gasteiger partial charge in [0.1, 0.15) is 17.5 Å². The number of benzene rings is 2. The number of thiocarbonyl (C=S) groups is 1. The van der Waals surface area contributed by atoms with Gasteiger partial charge in [0.15, 0.2) is 5.11 Å². The predicted octanol–water partition coefficient (Wildman–Crippen LogP) is 4.90. The zero-order chi connectivity index (χ0) is 24.2. The quantitative estimate of drug-likeness (QED) is 0.493. The number of piperidine rings is 1. The second-order valence-corrected chi connectivity index (χ2v) is 9.88. The summed E-state index contributed by atoms with van der Waals surface area (Å²) in [7, 11) is 0. The van der Waals surface area contributed by atoms with Gasteiger partial charge in [0, 0.05) is 38.8 Å². The summed E-state index contributed by atoms with van der Waals surface area (Å²) in [5, 5.41) is 6.80. The summed E-state index contributed by atoms with van der Waals surface area (Å²) in [5.41, 5.74) is 3.70. The van der Waals surface area contributed by atoms with E-state index in [1.807, 2.05) is 0 Å². The summed E-state index contributed by atoms with van der Waals surface area (Å²) >= 11 is 5.53. The fourth-order valence-corrected chi connectivity index (χ4v) is 4.98. The smallest absolute Gasteiger partial charge is 0.232 e. The number of aromatic nitrogens is 2. The van der Waals surface area contributed by atoms with E-state index in [9.17, 15) is 4.39 Å². The van der Waals surface area contributed by atoms with Gasteiger partial charge in [-0.25, -0.2) is 4.39 Å². The molecule has 182 valence electrons. The Balaban J connectivity index is 1.35. The van der Waals surface area contributed by atoms with Gasteiger partial charge in [-0.05, 0) is 66.2 Å². The highest BCUT2D eigenvalue weighted by Gasteiger charge is 2.23. The molecule has 0 bridgehead atoms. The fourth-order valence-electron chi connectivity index (χ4n) is 4.82. The van der Waals surface area contributed by atoms with Crippen molar-refractivity contribution in [2.24, 2.45) is 5.92 Å². The third-order valence-electron chi connectivity index (χ3n) is 6.73. The molecule has 5 rings (SSSR count). The molecule has 0 radical (unpaired) electrons. The van der Waals surface area contributed by atoms with E-state index < -0.39 is 0 Å². The predicted molar refractivity (Wildman–Crippen MR) is 143 cm³/mol. The molecule has 35 heavy (non-hydrogen) atoms. The molecule has 2 aromatic carbocycles. The average Bonchev–Trinajstić information content (AvgIpc) is 2.88. The molecule has 8 heteroatoms. The van der Waals surface area contributed by atoms with Crippen molar-refractivity contribution >= 4 is 34.9 Å². The maximum absolute atomic E-state index is 13.2. The lowest BCUT2D eigenvalue weighted by molar-refractivity contribution is 0.444. The normalized spacial score (nSPS) is 17.6. The van der Waals surface area contributed by atoms with Gasteiger partial charge < -0.3 is 20.4 Å². The Hall–Kier alpha value is -3.26. The first-order valence-electron chi connectivity index (χ1n) is 12.3. The minimum absolute atomic E-state index is 0.250. The summed E-state index contributed by atoms with van der Waals surface area (Å²) in [6.07, 6.45) is 3.41. The van der Waals surface area contributed by atoms with Gasteiger partial charge in [0.25, 0.3) is 0 Å². The molecule has 0 aliphatic carbocycles. The van der Waals surface area contributed by atoms with Gasteiger partial charge in [0.2, 0.25) is 5.95 Å². The van der Waals surface area contributed by atoms with E-state index in [0.29, 0.717) is 23.5 Å². The lowest BCUT2D eigenvalue weighted by Gasteiger charge is -2.34. The third-order valence-corrected chi connectivity index (χ3v) is 6.97. The maximum Gasteiger partial charge on any atom is 0.232 e. The Bertz CT molecular complexity index is 1180. The molecule has 3 heterocycles. The molecular weight excluding hydrogens is 459 g/mol. The summed E-state index contributed by atoms with van der Waals surface area (Å²) in [6, 6.07) is 17.1. The van der Waals surface area contributed by atoms with Crippen LogP contribution in [0.4, 0.5) is 22.0 Å². The molecular formula is C27H31FN6S. The fraction of sp³-hybridized carbons (Fsp3) is 0.370. The Morgan fingerprint density at radius 3 is 2.54 bits per heavy atom. The topological polar surface area (TPSA) is 56.3 Å². The van der Waals surface area contributed by atoms with Crippen LogP contribution in [0.25, 0.3) is 0 Å². The van der Waals surface area contributed by atoms with Crippen LogP contribution >= 0.6 is 12.2 Å². The molecule has 2 N–H and O–H groups in total. The number of hydrogen-bond donors (Lipinski definition) is 2. The molecule has 1 aromatic heterocycles. The zero-order valence-corrected chi connectivity index (χ0v) is 20.8. The molecule has 3 aromatic rings. The standard InChI is InChI=1S/C27H31FN6S/c1-19-5-4-13-33(17-19)24-15-25(34-14-12-21-6-2-3-7-22(21)18-34)31-26(30-24)32-27(35)29-16-20-8-10-23(28)11-9-20/h2-3,6-11,15,19H,4-5,12-14,16-18H2,1H3,(H2,29,30,31,32,35)/t19-/m1/s1. The van der Waals surface area contributed by atoms with E-state index in [0.717, 1.165) is 56.2 Å². The number of nitrogens with zero attached hydrogens (tertiary/aromatic N) is 4. The van der Waals surface area contributed by atoms with Crippen molar-refractivity contribution in [3.63, 3.8) is 0 Å². The molecule has 2 aliphatic heterocycles. The second-order valence-electron chi connectivity index (χ2n) is 9.48. The van der Waals surface area contributed by atoms with Crippen LogP contribution in [0.15, 0.2) is 54.6 Å². The monoisotopic (exact) mass is 490 g/mol. The van der Waals surface area contributed by atoms with Crippen LogP contribution in [0.1, 0.15) is 36.5 Å². The Labute approximate surface area is 211 Å². The van der Waals surface area contributed by atoms with E-state index in [4.69, 9.17) is 22.2 Å². The van der Waals surface area contributed by atoms with Crippen molar-refractivity contribution in [3.05, 3.63) is 77.1 Å². The van der Waals surface area contributed by atoms with Crippen LogP contribution in [0, 0.1) is 11.7 Å². The van der Waals surface area contributed by atoms with Crippen molar-refractivity contribution in [2.45, 2.75) is 39.3 Å². The van der Waals surface area contributed by atoms with Crippen LogP contribution in [-0.4, -0.2) is 34.7 Å². The van der Waals surface area contributed by atoms with Gasteiger partial charge in [0.05, 0.1) is 0 Å². The minimum atomic E-state index is -0.250. The highest BCUT2D eigenvalue weighted by atomic mass is 32.1.